The Morgan fingerprint density at radius 2 is 2.00 bits per heavy atom. The molecule has 3 heteroatoms. The van der Waals surface area contributed by atoms with Crippen molar-refractivity contribution in [2.24, 2.45) is 0 Å². The van der Waals surface area contributed by atoms with Crippen LogP contribution >= 0.6 is 23.5 Å². The van der Waals surface area contributed by atoms with E-state index in [4.69, 9.17) is 0 Å². The minimum atomic E-state index is 0.756. The lowest BCUT2D eigenvalue weighted by molar-refractivity contribution is 0.197. The first-order chi connectivity index (χ1) is 5.77. The van der Waals surface area contributed by atoms with Gasteiger partial charge >= 0.3 is 0 Å². The molecule has 3 atom stereocenters. The van der Waals surface area contributed by atoms with Gasteiger partial charge in [0, 0.05) is 6.54 Å². The van der Waals surface area contributed by atoms with Gasteiger partial charge < -0.3 is 0 Å². The van der Waals surface area contributed by atoms with Gasteiger partial charge in [0.1, 0.15) is 0 Å². The van der Waals surface area contributed by atoms with Crippen molar-refractivity contribution in [3.8, 4) is 0 Å². The molecule has 0 spiro atoms. The van der Waals surface area contributed by atoms with Crippen LogP contribution in [0.4, 0.5) is 0 Å². The Balaban J connectivity index is 2.01. The molecule has 2 aliphatic heterocycles. The number of hydrogen-bond donors (Lipinski definition) is 0. The third-order valence-electron chi connectivity index (χ3n) is 2.69. The number of hydrogen-bond acceptors (Lipinski definition) is 3. The molecule has 0 aromatic rings. The van der Waals surface area contributed by atoms with Gasteiger partial charge in [-0.15, -0.1) is 23.5 Å². The molecule has 0 aromatic carbocycles. The van der Waals surface area contributed by atoms with Gasteiger partial charge in [-0.1, -0.05) is 0 Å². The Bertz CT molecular complexity index is 163. The van der Waals surface area contributed by atoms with E-state index in [1.807, 2.05) is 0 Å². The van der Waals surface area contributed by atoms with Gasteiger partial charge in [-0.05, 0) is 33.1 Å². The average molecular weight is 203 g/mol. The van der Waals surface area contributed by atoms with Crippen molar-refractivity contribution in [3.63, 3.8) is 0 Å². The maximum absolute atomic E-state index is 2.68. The molecule has 0 saturated carbocycles. The van der Waals surface area contributed by atoms with Gasteiger partial charge in [-0.25, -0.2) is 0 Å². The van der Waals surface area contributed by atoms with Crippen LogP contribution in [-0.4, -0.2) is 26.8 Å². The van der Waals surface area contributed by atoms with Crippen molar-refractivity contribution >= 4 is 23.5 Å². The molecule has 2 heterocycles. The molecule has 2 saturated heterocycles. The Labute approximate surface area is 83.7 Å². The molecule has 12 heavy (non-hydrogen) atoms. The SMILES string of the molecule is CC1SC(C)N2CCCCC2S1. The lowest BCUT2D eigenvalue weighted by atomic mass is 10.1. The van der Waals surface area contributed by atoms with E-state index in [-0.39, 0.29) is 0 Å². The number of rotatable bonds is 0. The minimum absolute atomic E-state index is 0.756. The van der Waals surface area contributed by atoms with E-state index in [0.717, 1.165) is 15.3 Å². The Hall–Kier alpha value is 0.660. The summed E-state index contributed by atoms with van der Waals surface area (Å²) in [6.07, 6.45) is 4.27. The van der Waals surface area contributed by atoms with Crippen molar-refractivity contribution in [1.29, 1.82) is 0 Å². The zero-order chi connectivity index (χ0) is 8.55. The number of nitrogens with zero attached hydrogens (tertiary/aromatic N) is 1. The average Bonchev–Trinajstić information content (AvgIpc) is 2.04. The lowest BCUT2D eigenvalue weighted by Crippen LogP contribution is -2.45. The van der Waals surface area contributed by atoms with E-state index >= 15 is 0 Å². The van der Waals surface area contributed by atoms with Crippen LogP contribution in [0.1, 0.15) is 33.1 Å². The van der Waals surface area contributed by atoms with E-state index in [1.165, 1.54) is 25.8 Å². The van der Waals surface area contributed by atoms with Crippen LogP contribution in [0.5, 0.6) is 0 Å². The quantitative estimate of drug-likeness (QED) is 0.596. The Morgan fingerprint density at radius 1 is 1.17 bits per heavy atom. The third-order valence-corrected chi connectivity index (χ3v) is 5.61. The first-order valence-electron chi connectivity index (χ1n) is 4.84. The third kappa shape index (κ3) is 1.78. The van der Waals surface area contributed by atoms with Crippen molar-refractivity contribution < 1.29 is 0 Å². The van der Waals surface area contributed by atoms with E-state index < -0.39 is 0 Å². The van der Waals surface area contributed by atoms with Crippen LogP contribution < -0.4 is 0 Å². The highest BCUT2D eigenvalue weighted by atomic mass is 32.2. The van der Waals surface area contributed by atoms with Gasteiger partial charge in [0.05, 0.1) is 15.3 Å². The second-order valence-electron chi connectivity index (χ2n) is 3.63. The Morgan fingerprint density at radius 3 is 2.83 bits per heavy atom. The second-order valence-corrected chi connectivity index (χ2v) is 7.11. The molecule has 2 aliphatic rings. The summed E-state index contributed by atoms with van der Waals surface area (Å²) >= 11 is 4.28. The van der Waals surface area contributed by atoms with Gasteiger partial charge in [0.2, 0.25) is 0 Å². The van der Waals surface area contributed by atoms with E-state index in [1.54, 1.807) is 0 Å². The summed E-state index contributed by atoms with van der Waals surface area (Å²) in [4.78, 5) is 2.68. The molecule has 0 aliphatic carbocycles. The summed E-state index contributed by atoms with van der Waals surface area (Å²) in [6.45, 7) is 6.04. The minimum Gasteiger partial charge on any atom is -0.280 e. The summed E-state index contributed by atoms with van der Waals surface area (Å²) in [5, 5.41) is 1.59. The fraction of sp³-hybridized carbons (Fsp3) is 1.00. The predicted octanol–water partition coefficient (Wildman–Crippen LogP) is 2.97. The highest BCUT2D eigenvalue weighted by Crippen LogP contribution is 2.43. The van der Waals surface area contributed by atoms with Crippen molar-refractivity contribution in [2.75, 3.05) is 6.54 Å². The molecule has 3 unspecified atom stereocenters. The maximum Gasteiger partial charge on any atom is 0.0578 e. The molecular formula is C9H17NS2. The smallest absolute Gasteiger partial charge is 0.0578 e. The standard InChI is InChI=1S/C9H17NS2/c1-7-10-6-4-3-5-9(10)12-8(2)11-7/h7-9H,3-6H2,1-2H3. The number of fused-ring (bicyclic) bond motifs is 1. The predicted molar refractivity (Wildman–Crippen MR) is 58.5 cm³/mol. The van der Waals surface area contributed by atoms with Crippen molar-refractivity contribution in [1.82, 2.24) is 4.90 Å². The van der Waals surface area contributed by atoms with Crippen LogP contribution in [0.15, 0.2) is 0 Å². The summed E-state index contributed by atoms with van der Waals surface area (Å²) in [5.74, 6) is 0. The monoisotopic (exact) mass is 203 g/mol. The lowest BCUT2D eigenvalue weighted by Gasteiger charge is -2.44. The maximum atomic E-state index is 2.68. The molecule has 2 fully saturated rings. The number of piperidine rings is 1. The molecule has 0 radical (unpaired) electrons. The molecule has 70 valence electrons. The molecule has 2 rings (SSSR count). The first kappa shape index (κ1) is 9.22. The fourth-order valence-corrected chi connectivity index (χ4v) is 5.45. The first-order valence-corrected chi connectivity index (χ1v) is 6.72. The largest absolute Gasteiger partial charge is 0.280 e. The molecule has 1 nitrogen and oxygen atoms in total. The topological polar surface area (TPSA) is 3.24 Å². The highest BCUT2D eigenvalue weighted by molar-refractivity contribution is 8.18. The normalized spacial score (nSPS) is 44.0. The molecular weight excluding hydrogens is 186 g/mol. The fourth-order valence-electron chi connectivity index (χ4n) is 2.09. The summed E-state index contributed by atoms with van der Waals surface area (Å²) in [6, 6.07) is 0. The summed E-state index contributed by atoms with van der Waals surface area (Å²) < 4.78 is 0.805. The zero-order valence-electron chi connectivity index (χ0n) is 7.82. The van der Waals surface area contributed by atoms with E-state index in [2.05, 4.69) is 42.3 Å². The molecule has 0 aromatic heterocycles. The zero-order valence-corrected chi connectivity index (χ0v) is 9.46. The number of thioether (sulfide) groups is 2. The van der Waals surface area contributed by atoms with Crippen LogP contribution in [0, 0.1) is 0 Å². The van der Waals surface area contributed by atoms with Crippen LogP contribution in [-0.2, 0) is 0 Å². The van der Waals surface area contributed by atoms with Gasteiger partial charge in [0.15, 0.2) is 0 Å². The van der Waals surface area contributed by atoms with Crippen molar-refractivity contribution in [3.05, 3.63) is 0 Å². The second kappa shape index (κ2) is 3.81. The summed E-state index contributed by atoms with van der Waals surface area (Å²) in [7, 11) is 0. The van der Waals surface area contributed by atoms with Crippen LogP contribution in [0.25, 0.3) is 0 Å². The molecule has 0 bridgehead atoms. The van der Waals surface area contributed by atoms with Crippen LogP contribution in [0.3, 0.4) is 0 Å². The van der Waals surface area contributed by atoms with Gasteiger partial charge in [-0.3, -0.25) is 4.90 Å². The molecule has 0 amide bonds. The Kier molecular flexibility index (Phi) is 2.93. The summed E-state index contributed by atoms with van der Waals surface area (Å²) in [5.41, 5.74) is 0. The highest BCUT2D eigenvalue weighted by Gasteiger charge is 2.33. The molecule has 0 N–H and O–H groups in total. The van der Waals surface area contributed by atoms with Crippen molar-refractivity contribution in [2.45, 2.75) is 48.4 Å². The van der Waals surface area contributed by atoms with E-state index in [0.29, 0.717) is 0 Å². The van der Waals surface area contributed by atoms with E-state index in [9.17, 15) is 0 Å². The van der Waals surface area contributed by atoms with Gasteiger partial charge in [-0.2, -0.15) is 0 Å². The van der Waals surface area contributed by atoms with Crippen LogP contribution in [0.2, 0.25) is 0 Å². The van der Waals surface area contributed by atoms with Gasteiger partial charge in [0.25, 0.3) is 0 Å².